The Bertz CT molecular complexity index is 660. The number of nitrogens with zero attached hydrogens (tertiary/aromatic N) is 4. The highest BCUT2D eigenvalue weighted by Crippen LogP contribution is 2.34. The summed E-state index contributed by atoms with van der Waals surface area (Å²) in [6.45, 7) is 1.57. The van der Waals surface area contributed by atoms with Crippen molar-refractivity contribution in [3.63, 3.8) is 0 Å². The predicted octanol–water partition coefficient (Wildman–Crippen LogP) is 1.88. The molecule has 1 aliphatic heterocycles. The van der Waals surface area contributed by atoms with Crippen molar-refractivity contribution in [3.05, 3.63) is 42.0 Å². The van der Waals surface area contributed by atoms with Gasteiger partial charge in [-0.1, -0.05) is 0 Å². The first-order valence-electron chi connectivity index (χ1n) is 6.96. The van der Waals surface area contributed by atoms with Crippen LogP contribution in [0.15, 0.2) is 30.7 Å². The second kappa shape index (κ2) is 5.94. The van der Waals surface area contributed by atoms with Crippen molar-refractivity contribution in [1.82, 2.24) is 14.8 Å². The molecule has 1 aliphatic rings. The van der Waals surface area contributed by atoms with Crippen LogP contribution in [0.25, 0.3) is 0 Å². The number of aromatic nitrogens is 3. The normalized spacial score (nSPS) is 21.1. The summed E-state index contributed by atoms with van der Waals surface area (Å²) >= 11 is 0. The van der Waals surface area contributed by atoms with Crippen LogP contribution in [0.3, 0.4) is 0 Å². The quantitative estimate of drug-likeness (QED) is 0.927. The lowest BCUT2D eigenvalue weighted by Gasteiger charge is -2.18. The minimum absolute atomic E-state index is 0.0866. The Hall–Kier alpha value is -2.39. The van der Waals surface area contributed by atoms with E-state index in [1.807, 2.05) is 31.6 Å². The molecule has 0 spiro atoms. The van der Waals surface area contributed by atoms with Crippen LogP contribution in [0.2, 0.25) is 0 Å². The molecule has 108 valence electrons. The van der Waals surface area contributed by atoms with Crippen LogP contribution < -0.4 is 5.32 Å². The molecule has 21 heavy (non-hydrogen) atoms. The van der Waals surface area contributed by atoms with Gasteiger partial charge in [-0.3, -0.25) is 4.68 Å². The maximum absolute atomic E-state index is 8.87. The SMILES string of the molecule is Cn1cc([C@@H]2OCC[C@H]2CNc2ccnc(C#N)c2)cn1. The Kier molecular flexibility index (Phi) is 3.84. The van der Waals surface area contributed by atoms with Crippen molar-refractivity contribution in [3.8, 4) is 6.07 Å². The molecule has 1 N–H and O–H groups in total. The van der Waals surface area contributed by atoms with E-state index in [2.05, 4.69) is 15.4 Å². The summed E-state index contributed by atoms with van der Waals surface area (Å²) in [4.78, 5) is 3.97. The number of nitriles is 1. The van der Waals surface area contributed by atoms with E-state index in [1.54, 1.807) is 16.9 Å². The van der Waals surface area contributed by atoms with Crippen molar-refractivity contribution in [2.24, 2.45) is 13.0 Å². The van der Waals surface area contributed by atoms with Crippen LogP contribution in [0, 0.1) is 17.2 Å². The van der Waals surface area contributed by atoms with Gasteiger partial charge in [-0.05, 0) is 18.6 Å². The average molecular weight is 283 g/mol. The van der Waals surface area contributed by atoms with Crippen molar-refractivity contribution in [1.29, 1.82) is 5.26 Å². The third-order valence-electron chi connectivity index (χ3n) is 3.71. The average Bonchev–Trinajstić information content (AvgIpc) is 3.13. The van der Waals surface area contributed by atoms with Gasteiger partial charge in [0.05, 0.1) is 12.3 Å². The molecule has 2 aromatic heterocycles. The van der Waals surface area contributed by atoms with E-state index >= 15 is 0 Å². The minimum atomic E-state index is 0.0866. The first-order valence-corrected chi connectivity index (χ1v) is 6.96. The highest BCUT2D eigenvalue weighted by Gasteiger charge is 2.30. The number of pyridine rings is 1. The lowest BCUT2D eigenvalue weighted by atomic mass is 9.97. The van der Waals surface area contributed by atoms with E-state index in [-0.39, 0.29) is 6.10 Å². The predicted molar refractivity (Wildman–Crippen MR) is 77.4 cm³/mol. The molecule has 0 bridgehead atoms. The van der Waals surface area contributed by atoms with Crippen molar-refractivity contribution >= 4 is 5.69 Å². The smallest absolute Gasteiger partial charge is 0.142 e. The summed E-state index contributed by atoms with van der Waals surface area (Å²) in [7, 11) is 1.91. The van der Waals surface area contributed by atoms with Gasteiger partial charge < -0.3 is 10.1 Å². The summed E-state index contributed by atoms with van der Waals surface area (Å²) in [6, 6.07) is 5.68. The molecule has 1 fully saturated rings. The Labute approximate surface area is 123 Å². The third kappa shape index (κ3) is 3.03. The van der Waals surface area contributed by atoms with Gasteiger partial charge in [0.1, 0.15) is 11.8 Å². The molecule has 0 unspecified atom stereocenters. The van der Waals surface area contributed by atoms with Gasteiger partial charge in [0.15, 0.2) is 0 Å². The third-order valence-corrected chi connectivity index (χ3v) is 3.71. The molecule has 0 saturated carbocycles. The van der Waals surface area contributed by atoms with Crippen molar-refractivity contribution in [2.75, 3.05) is 18.5 Å². The summed E-state index contributed by atoms with van der Waals surface area (Å²) in [5, 5.41) is 16.4. The van der Waals surface area contributed by atoms with E-state index in [4.69, 9.17) is 10.00 Å². The monoisotopic (exact) mass is 283 g/mol. The van der Waals surface area contributed by atoms with E-state index < -0.39 is 0 Å². The van der Waals surface area contributed by atoms with Crippen LogP contribution in [0.5, 0.6) is 0 Å². The lowest BCUT2D eigenvalue weighted by Crippen LogP contribution is -2.17. The molecule has 3 rings (SSSR count). The molecule has 0 aliphatic carbocycles. The van der Waals surface area contributed by atoms with Gasteiger partial charge in [-0.15, -0.1) is 0 Å². The summed E-state index contributed by atoms with van der Waals surface area (Å²) < 4.78 is 7.64. The number of hydrogen-bond acceptors (Lipinski definition) is 5. The molecule has 1 saturated heterocycles. The zero-order chi connectivity index (χ0) is 14.7. The van der Waals surface area contributed by atoms with Gasteiger partial charge in [-0.25, -0.2) is 4.98 Å². The van der Waals surface area contributed by atoms with Gasteiger partial charge in [0.2, 0.25) is 0 Å². The molecule has 2 aromatic rings. The number of hydrogen-bond donors (Lipinski definition) is 1. The van der Waals surface area contributed by atoms with Crippen LogP contribution in [-0.2, 0) is 11.8 Å². The van der Waals surface area contributed by atoms with E-state index in [9.17, 15) is 0 Å². The van der Waals surface area contributed by atoms with E-state index in [1.165, 1.54) is 0 Å². The second-order valence-electron chi connectivity index (χ2n) is 5.21. The largest absolute Gasteiger partial charge is 0.385 e. The zero-order valence-corrected chi connectivity index (χ0v) is 11.9. The van der Waals surface area contributed by atoms with Crippen LogP contribution in [-0.4, -0.2) is 27.9 Å². The first kappa shape index (κ1) is 13.6. The van der Waals surface area contributed by atoms with E-state index in [0.29, 0.717) is 11.6 Å². The molecular weight excluding hydrogens is 266 g/mol. The Morgan fingerprint density at radius 1 is 1.57 bits per heavy atom. The van der Waals surface area contributed by atoms with Crippen LogP contribution >= 0.6 is 0 Å². The maximum Gasteiger partial charge on any atom is 0.142 e. The molecule has 2 atom stereocenters. The highest BCUT2D eigenvalue weighted by molar-refractivity contribution is 5.45. The Balaban J connectivity index is 1.65. The number of aryl methyl sites for hydroxylation is 1. The standard InChI is InChI=1S/C15H17N5O/c1-20-10-12(9-19-20)15-11(3-5-21-15)8-18-13-2-4-17-14(6-13)7-16/h2,4,6,9-11,15H,3,5,8H2,1H3,(H,17,18)/t11-,15+/m0/s1. The van der Waals surface area contributed by atoms with E-state index in [0.717, 1.165) is 30.8 Å². The fourth-order valence-corrected chi connectivity index (χ4v) is 2.65. The van der Waals surface area contributed by atoms with Gasteiger partial charge >= 0.3 is 0 Å². The fraction of sp³-hybridized carbons (Fsp3) is 0.400. The molecule has 3 heterocycles. The summed E-state index contributed by atoms with van der Waals surface area (Å²) in [5.41, 5.74) is 2.46. The molecule has 0 aromatic carbocycles. The second-order valence-corrected chi connectivity index (χ2v) is 5.21. The first-order chi connectivity index (χ1) is 10.3. The number of anilines is 1. The van der Waals surface area contributed by atoms with Crippen molar-refractivity contribution in [2.45, 2.75) is 12.5 Å². The van der Waals surface area contributed by atoms with Gasteiger partial charge in [0.25, 0.3) is 0 Å². The van der Waals surface area contributed by atoms with Gasteiger partial charge in [0, 0.05) is 49.8 Å². The number of nitrogens with one attached hydrogen (secondary N) is 1. The number of ether oxygens (including phenoxy) is 1. The fourth-order valence-electron chi connectivity index (χ4n) is 2.65. The molecule has 6 heteroatoms. The summed E-state index contributed by atoms with van der Waals surface area (Å²) in [5.74, 6) is 0.396. The molecule has 0 amide bonds. The molecule has 6 nitrogen and oxygen atoms in total. The Morgan fingerprint density at radius 2 is 2.48 bits per heavy atom. The maximum atomic E-state index is 8.87. The van der Waals surface area contributed by atoms with Crippen molar-refractivity contribution < 1.29 is 4.74 Å². The van der Waals surface area contributed by atoms with Crippen LogP contribution in [0.4, 0.5) is 5.69 Å². The summed E-state index contributed by atoms with van der Waals surface area (Å²) in [6.07, 6.45) is 6.61. The van der Waals surface area contributed by atoms with Crippen LogP contribution in [0.1, 0.15) is 23.8 Å². The van der Waals surface area contributed by atoms with Gasteiger partial charge in [-0.2, -0.15) is 10.4 Å². The lowest BCUT2D eigenvalue weighted by molar-refractivity contribution is 0.0932. The topological polar surface area (TPSA) is 75.8 Å². The number of rotatable bonds is 4. The highest BCUT2D eigenvalue weighted by atomic mass is 16.5. The molecule has 0 radical (unpaired) electrons. The zero-order valence-electron chi connectivity index (χ0n) is 11.9. The minimum Gasteiger partial charge on any atom is -0.385 e. The molecular formula is C15H17N5O. The Morgan fingerprint density at radius 3 is 3.24 bits per heavy atom.